The third-order valence-corrected chi connectivity index (χ3v) is 0. The normalized spacial score (nSPS) is 3.43. The molecule has 0 saturated heterocycles. The van der Waals surface area contributed by atoms with Gasteiger partial charge in [0, 0.05) is 0 Å². The van der Waals surface area contributed by atoms with E-state index < -0.39 is 6.16 Å². The number of carboxylic acid groups (broad SMARTS) is 2. The van der Waals surface area contributed by atoms with Crippen LogP contribution in [0.5, 0.6) is 0 Å². The monoisotopic (exact) mass is 157 g/mol. The summed E-state index contributed by atoms with van der Waals surface area (Å²) in [5.41, 5.74) is 0. The van der Waals surface area contributed by atoms with Gasteiger partial charge in [-0.1, -0.05) is 0 Å². The molecular weight excluding hydrogens is 150 g/mol. The molecule has 0 aromatic carbocycles. The summed E-state index contributed by atoms with van der Waals surface area (Å²) in [6.07, 6.45) is -1.83. The van der Waals surface area contributed by atoms with Gasteiger partial charge < -0.3 is 19.2 Å². The summed E-state index contributed by atoms with van der Waals surface area (Å²) in [6, 6.07) is 0. The number of rotatable bonds is 0. The largest absolute Gasteiger partial charge is 2.00 e. The third-order valence-electron chi connectivity index (χ3n) is 0. The first-order valence-electron chi connectivity index (χ1n) is 0.651. The van der Waals surface area contributed by atoms with Crippen LogP contribution in [0.3, 0.4) is 0 Å². The van der Waals surface area contributed by atoms with Crippen molar-refractivity contribution in [3.63, 3.8) is 0 Å². The smallest absolute Gasteiger partial charge is 1.00 e. The summed E-state index contributed by atoms with van der Waals surface area (Å²) in [7, 11) is 0. The molecule has 6 heteroatoms. The van der Waals surface area contributed by atoms with Gasteiger partial charge in [0.05, 0.1) is 0 Å². The van der Waals surface area contributed by atoms with Gasteiger partial charge >= 0.3 is 43.9 Å². The van der Waals surface area contributed by atoms with E-state index in [4.69, 9.17) is 15.0 Å². The minimum absolute atomic E-state index is 0. The van der Waals surface area contributed by atoms with E-state index in [2.05, 4.69) is 0 Å². The summed E-state index contributed by atoms with van der Waals surface area (Å²) in [5.74, 6) is 0. The van der Waals surface area contributed by atoms with Gasteiger partial charge in [0.1, 0.15) is 0 Å². The standard InChI is InChI=1S/CH2O3.Ca.ClH.H3N.2H/c2-1(3)4;;;;;/h(H2,2,3,4);;1H;1H3;;/q;+2;;;2*-1. The molecule has 0 unspecified atom stereocenters. The third kappa shape index (κ3) is 255. The van der Waals surface area contributed by atoms with Crippen LogP contribution >= 0.6 is 12.4 Å². The Hall–Kier alpha value is 0.780. The zero-order valence-electron chi connectivity index (χ0n) is 5.63. The van der Waals surface area contributed by atoms with Gasteiger partial charge in [-0.05, 0) is 0 Å². The van der Waals surface area contributed by atoms with Crippen molar-refractivity contribution < 1.29 is 17.9 Å². The Balaban J connectivity index is -0.00000000450. The fraction of sp³-hybridized carbons (Fsp3) is 0. The number of hydrogen-bond acceptors (Lipinski definition) is 2. The van der Waals surface area contributed by atoms with Crippen molar-refractivity contribution in [3.05, 3.63) is 0 Å². The maximum absolute atomic E-state index is 8.56. The fourth-order valence-corrected chi connectivity index (χ4v) is 0. The van der Waals surface area contributed by atoms with Crippen molar-refractivity contribution in [1.82, 2.24) is 6.15 Å². The SMILES string of the molecule is Cl.N.O=C(O)O.[Ca+2].[H-].[H-]. The van der Waals surface area contributed by atoms with Crippen LogP contribution in [0, 0.1) is 0 Å². The zero-order chi connectivity index (χ0) is 3.58. The van der Waals surface area contributed by atoms with E-state index in [1.807, 2.05) is 0 Å². The van der Waals surface area contributed by atoms with Crippen LogP contribution in [0.1, 0.15) is 2.85 Å². The average molecular weight is 158 g/mol. The second kappa shape index (κ2) is 15.9. The second-order valence-electron chi connectivity index (χ2n) is 0.283. The molecule has 0 spiro atoms. The molecule has 0 aromatic rings. The summed E-state index contributed by atoms with van der Waals surface area (Å²) in [5, 5.41) is 13.9. The quantitative estimate of drug-likeness (QED) is 0.450. The van der Waals surface area contributed by atoms with Gasteiger partial charge in [-0.15, -0.1) is 12.4 Å². The summed E-state index contributed by atoms with van der Waals surface area (Å²) in [6.45, 7) is 0. The van der Waals surface area contributed by atoms with Crippen LogP contribution in [0.15, 0.2) is 0 Å². The van der Waals surface area contributed by atoms with Gasteiger partial charge in [0.2, 0.25) is 0 Å². The van der Waals surface area contributed by atoms with Gasteiger partial charge in [0.15, 0.2) is 0 Å². The van der Waals surface area contributed by atoms with E-state index in [1.54, 1.807) is 0 Å². The van der Waals surface area contributed by atoms with E-state index in [0.29, 0.717) is 0 Å². The Morgan fingerprint density at radius 2 is 1.43 bits per heavy atom. The molecule has 0 fully saturated rings. The predicted octanol–water partition coefficient (Wildman–Crippen LogP) is 0.650. The molecule has 0 rings (SSSR count). The molecule has 0 aliphatic rings. The molecule has 0 radical (unpaired) electrons. The molecule has 0 amide bonds. The first kappa shape index (κ1) is 25.0. The predicted molar refractivity (Wildman–Crippen MR) is 30.9 cm³/mol. The van der Waals surface area contributed by atoms with E-state index in [9.17, 15) is 0 Å². The van der Waals surface area contributed by atoms with Crippen molar-refractivity contribution in [2.24, 2.45) is 0 Å². The van der Waals surface area contributed by atoms with Crippen LogP contribution in [-0.2, 0) is 0 Å². The van der Waals surface area contributed by atoms with Crippen molar-refractivity contribution in [3.8, 4) is 0 Å². The molecule has 0 aliphatic heterocycles. The molecule has 0 aliphatic carbocycles. The minimum atomic E-state index is -1.83. The van der Waals surface area contributed by atoms with Gasteiger partial charge in [-0.25, -0.2) is 4.79 Å². The number of hydrogen-bond donors (Lipinski definition) is 3. The van der Waals surface area contributed by atoms with E-state index in [0.717, 1.165) is 0 Å². The van der Waals surface area contributed by atoms with Gasteiger partial charge in [-0.3, -0.25) is 0 Å². The fourth-order valence-electron chi connectivity index (χ4n) is 0. The molecule has 0 bridgehead atoms. The zero-order valence-corrected chi connectivity index (χ0v) is 6.65. The van der Waals surface area contributed by atoms with Crippen LogP contribution in [0.4, 0.5) is 4.79 Å². The Morgan fingerprint density at radius 1 is 1.43 bits per heavy atom. The van der Waals surface area contributed by atoms with Crippen molar-refractivity contribution >= 4 is 56.3 Å². The maximum Gasteiger partial charge on any atom is 2.00 e. The molecule has 0 saturated carbocycles. The molecular formula is CH8CaClNO3. The van der Waals surface area contributed by atoms with Gasteiger partial charge in [0.25, 0.3) is 0 Å². The van der Waals surface area contributed by atoms with Crippen molar-refractivity contribution in [2.75, 3.05) is 0 Å². The molecule has 7 heavy (non-hydrogen) atoms. The summed E-state index contributed by atoms with van der Waals surface area (Å²) >= 11 is 0. The molecule has 0 heterocycles. The molecule has 5 N–H and O–H groups in total. The van der Waals surface area contributed by atoms with Crippen molar-refractivity contribution in [1.29, 1.82) is 0 Å². The Kier molecular flexibility index (Phi) is 56.7. The topological polar surface area (TPSA) is 92.5 Å². The number of carbonyl (C=O) groups is 1. The summed E-state index contributed by atoms with van der Waals surface area (Å²) in [4.78, 5) is 8.56. The molecule has 4 nitrogen and oxygen atoms in total. The Bertz CT molecular complexity index is 44.8. The first-order chi connectivity index (χ1) is 1.73. The molecule has 0 aromatic heterocycles. The van der Waals surface area contributed by atoms with E-state index >= 15 is 0 Å². The van der Waals surface area contributed by atoms with Crippen molar-refractivity contribution in [2.45, 2.75) is 0 Å². The molecule has 44 valence electrons. The van der Waals surface area contributed by atoms with Crippen LogP contribution < -0.4 is 6.15 Å². The Labute approximate surface area is 79.9 Å². The van der Waals surface area contributed by atoms with E-state index in [1.165, 1.54) is 0 Å². The summed E-state index contributed by atoms with van der Waals surface area (Å²) < 4.78 is 0. The van der Waals surface area contributed by atoms with Gasteiger partial charge in [-0.2, -0.15) is 0 Å². The second-order valence-corrected chi connectivity index (χ2v) is 0.283. The Morgan fingerprint density at radius 3 is 1.43 bits per heavy atom. The average Bonchev–Trinajstić information content (AvgIpc) is 0.811. The van der Waals surface area contributed by atoms with E-state index in [-0.39, 0.29) is 59.1 Å². The minimum Gasteiger partial charge on any atom is -1.00 e. The first-order valence-corrected chi connectivity index (χ1v) is 0.651. The van der Waals surface area contributed by atoms with Crippen LogP contribution in [0.25, 0.3) is 0 Å². The molecule has 0 atom stereocenters. The number of halogens is 1. The van der Waals surface area contributed by atoms with Crippen LogP contribution in [-0.4, -0.2) is 54.1 Å². The maximum atomic E-state index is 8.56. The van der Waals surface area contributed by atoms with Crippen LogP contribution in [0.2, 0.25) is 0 Å².